The van der Waals surface area contributed by atoms with Crippen molar-refractivity contribution in [1.82, 2.24) is 13.9 Å². The minimum absolute atomic E-state index is 0.109. The fourth-order valence-electron chi connectivity index (χ4n) is 3.53. The normalized spacial score (nSPS) is 17.3. The highest BCUT2D eigenvalue weighted by Crippen LogP contribution is 2.37. The van der Waals surface area contributed by atoms with Gasteiger partial charge in [-0.25, -0.2) is 13.6 Å². The quantitative estimate of drug-likeness (QED) is 0.668. The summed E-state index contributed by atoms with van der Waals surface area (Å²) in [5.41, 5.74) is -0.0375. The van der Waals surface area contributed by atoms with E-state index in [4.69, 9.17) is 11.6 Å². The minimum Gasteiger partial charge on any atom is -0.324 e. The second-order valence-electron chi connectivity index (χ2n) is 7.71. The molecule has 1 fully saturated rings. The summed E-state index contributed by atoms with van der Waals surface area (Å²) in [7, 11) is -0.689. The predicted molar refractivity (Wildman–Crippen MR) is 121 cm³/mol. The number of carbonyl (C=O) groups excluding carboxylic acids is 1. The molecule has 1 aliphatic rings. The summed E-state index contributed by atoms with van der Waals surface area (Å²) in [5, 5.41) is 2.83. The summed E-state index contributed by atoms with van der Waals surface area (Å²) in [6.07, 6.45) is 1.60. The predicted octanol–water partition coefficient (Wildman–Crippen LogP) is 4.07. The van der Waals surface area contributed by atoms with Crippen LogP contribution in [0.25, 0.3) is 11.1 Å². The average molecular weight is 487 g/mol. The fourth-order valence-corrected chi connectivity index (χ4v) is 4.62. The number of benzene rings is 2. The molecular formula is C21H25ClF2N4O3S. The average Bonchev–Trinajstić information content (AvgIpc) is 2.95. The van der Waals surface area contributed by atoms with Crippen LogP contribution in [0.2, 0.25) is 5.02 Å². The molecule has 0 radical (unpaired) electrons. The molecule has 2 amide bonds. The third-order valence-corrected chi connectivity index (χ3v) is 7.20. The van der Waals surface area contributed by atoms with E-state index in [1.807, 2.05) is 0 Å². The number of nitrogens with zero attached hydrogens (tertiary/aromatic N) is 2. The Morgan fingerprint density at radius 2 is 1.75 bits per heavy atom. The van der Waals surface area contributed by atoms with Crippen molar-refractivity contribution in [2.45, 2.75) is 25.3 Å². The molecule has 1 atom stereocenters. The lowest BCUT2D eigenvalue weighted by Crippen LogP contribution is -2.42. The number of nitrogens with one attached hydrogen (secondary N) is 2. The topological polar surface area (TPSA) is 81.8 Å². The molecule has 0 unspecified atom stereocenters. The highest BCUT2D eigenvalue weighted by Gasteiger charge is 2.26. The summed E-state index contributed by atoms with van der Waals surface area (Å²) < 4.78 is 56.6. The zero-order valence-electron chi connectivity index (χ0n) is 17.7. The summed E-state index contributed by atoms with van der Waals surface area (Å²) in [6.45, 7) is 0.708. The maximum atomic E-state index is 14.4. The Morgan fingerprint density at radius 3 is 2.41 bits per heavy atom. The molecule has 0 aromatic heterocycles. The van der Waals surface area contributed by atoms with Crippen LogP contribution in [-0.2, 0) is 10.2 Å². The van der Waals surface area contributed by atoms with Gasteiger partial charge in [0.25, 0.3) is 10.2 Å². The first kappa shape index (κ1) is 24.4. The van der Waals surface area contributed by atoms with Crippen molar-refractivity contribution in [1.29, 1.82) is 0 Å². The number of para-hydroxylation sites is 1. The van der Waals surface area contributed by atoms with Gasteiger partial charge in [-0.1, -0.05) is 29.8 Å². The molecule has 0 saturated carbocycles. The highest BCUT2D eigenvalue weighted by molar-refractivity contribution is 7.87. The lowest BCUT2D eigenvalue weighted by Gasteiger charge is -2.23. The van der Waals surface area contributed by atoms with Crippen LogP contribution in [0.15, 0.2) is 36.4 Å². The van der Waals surface area contributed by atoms with E-state index in [0.29, 0.717) is 32.4 Å². The van der Waals surface area contributed by atoms with Gasteiger partial charge in [0.2, 0.25) is 0 Å². The number of hydrogen-bond acceptors (Lipinski definition) is 3. The standard InChI is InChI=1S/C21H25ClF2N4O3S/c1-27(2)32(30,31)26-14-6-5-12-28(13-11-14)21(29)25-20-15(7-3-8-16(20)22)19-17(23)9-4-10-18(19)24/h3-4,7-10,14,26H,5-6,11-13H2,1-2H3,(H,25,29)/t14-/m0/s1. The Labute approximate surface area is 191 Å². The van der Waals surface area contributed by atoms with Gasteiger partial charge < -0.3 is 10.2 Å². The Kier molecular flexibility index (Phi) is 7.71. The molecular weight excluding hydrogens is 462 g/mol. The van der Waals surface area contributed by atoms with E-state index in [1.165, 1.54) is 37.2 Å². The first-order valence-electron chi connectivity index (χ1n) is 10.1. The van der Waals surface area contributed by atoms with E-state index in [0.717, 1.165) is 16.4 Å². The Hall–Kier alpha value is -2.27. The second kappa shape index (κ2) is 10.1. The molecule has 0 spiro atoms. The van der Waals surface area contributed by atoms with Crippen molar-refractivity contribution in [3.05, 3.63) is 53.1 Å². The zero-order valence-corrected chi connectivity index (χ0v) is 19.3. The lowest BCUT2D eigenvalue weighted by molar-refractivity contribution is 0.213. The molecule has 2 N–H and O–H groups in total. The van der Waals surface area contributed by atoms with Gasteiger partial charge in [0.1, 0.15) is 11.6 Å². The largest absolute Gasteiger partial charge is 0.324 e. The molecule has 0 aliphatic carbocycles. The molecule has 32 heavy (non-hydrogen) atoms. The Balaban J connectivity index is 1.77. The van der Waals surface area contributed by atoms with Gasteiger partial charge >= 0.3 is 6.03 Å². The molecule has 11 heteroatoms. The van der Waals surface area contributed by atoms with E-state index >= 15 is 0 Å². The zero-order chi connectivity index (χ0) is 23.5. The monoisotopic (exact) mass is 486 g/mol. The lowest BCUT2D eigenvalue weighted by atomic mass is 10.0. The van der Waals surface area contributed by atoms with Crippen LogP contribution in [-0.4, -0.2) is 56.9 Å². The number of likely N-dealkylation sites (tertiary alicyclic amines) is 1. The van der Waals surface area contributed by atoms with Crippen LogP contribution in [0.3, 0.4) is 0 Å². The molecule has 3 rings (SSSR count). The summed E-state index contributed by atoms with van der Waals surface area (Å²) in [4.78, 5) is 14.5. The Morgan fingerprint density at radius 1 is 1.09 bits per heavy atom. The van der Waals surface area contributed by atoms with Crippen LogP contribution in [0.4, 0.5) is 19.3 Å². The summed E-state index contributed by atoms with van der Waals surface area (Å²) in [5.74, 6) is -1.54. The van der Waals surface area contributed by atoms with Gasteiger partial charge in [-0.3, -0.25) is 0 Å². The molecule has 1 heterocycles. The highest BCUT2D eigenvalue weighted by atomic mass is 35.5. The van der Waals surface area contributed by atoms with Gasteiger partial charge in [0.05, 0.1) is 16.3 Å². The molecule has 2 aromatic carbocycles. The van der Waals surface area contributed by atoms with E-state index in [-0.39, 0.29) is 27.9 Å². The van der Waals surface area contributed by atoms with Crippen molar-refractivity contribution < 1.29 is 22.0 Å². The molecule has 2 aromatic rings. The van der Waals surface area contributed by atoms with Gasteiger partial charge in [-0.05, 0) is 37.5 Å². The molecule has 1 aliphatic heterocycles. The molecule has 0 bridgehead atoms. The first-order chi connectivity index (χ1) is 15.1. The third kappa shape index (κ3) is 5.55. The molecule has 1 saturated heterocycles. The van der Waals surface area contributed by atoms with Gasteiger partial charge in [-0.2, -0.15) is 17.4 Å². The van der Waals surface area contributed by atoms with Crippen LogP contribution in [0, 0.1) is 11.6 Å². The number of carbonyl (C=O) groups is 1. The van der Waals surface area contributed by atoms with Crippen LogP contribution >= 0.6 is 11.6 Å². The number of urea groups is 1. The fraction of sp³-hybridized carbons (Fsp3) is 0.381. The van der Waals surface area contributed by atoms with E-state index in [1.54, 1.807) is 6.07 Å². The number of anilines is 1. The smallest absolute Gasteiger partial charge is 0.321 e. The summed E-state index contributed by atoms with van der Waals surface area (Å²) in [6, 6.07) is 7.30. The maximum absolute atomic E-state index is 14.4. The molecule has 7 nitrogen and oxygen atoms in total. The Bertz CT molecular complexity index is 1080. The second-order valence-corrected chi connectivity index (χ2v) is 10.0. The SMILES string of the molecule is CN(C)S(=O)(=O)N[C@H]1CCCN(C(=O)Nc2c(Cl)cccc2-c2c(F)cccc2F)CC1. The van der Waals surface area contributed by atoms with Crippen molar-refractivity contribution in [3.63, 3.8) is 0 Å². The van der Waals surface area contributed by atoms with Crippen LogP contribution < -0.4 is 10.0 Å². The van der Waals surface area contributed by atoms with Crippen LogP contribution in [0.5, 0.6) is 0 Å². The van der Waals surface area contributed by atoms with E-state index in [2.05, 4.69) is 10.0 Å². The van der Waals surface area contributed by atoms with Crippen molar-refractivity contribution in [2.24, 2.45) is 0 Å². The van der Waals surface area contributed by atoms with Gasteiger partial charge in [-0.15, -0.1) is 0 Å². The number of rotatable bonds is 5. The maximum Gasteiger partial charge on any atom is 0.321 e. The van der Waals surface area contributed by atoms with Crippen molar-refractivity contribution in [2.75, 3.05) is 32.5 Å². The van der Waals surface area contributed by atoms with Crippen molar-refractivity contribution >= 4 is 33.5 Å². The first-order valence-corrected chi connectivity index (χ1v) is 11.9. The number of hydrogen-bond donors (Lipinski definition) is 2. The van der Waals surface area contributed by atoms with Crippen LogP contribution in [0.1, 0.15) is 19.3 Å². The third-order valence-electron chi connectivity index (χ3n) is 5.29. The number of halogens is 3. The summed E-state index contributed by atoms with van der Waals surface area (Å²) >= 11 is 6.27. The van der Waals surface area contributed by atoms with Gasteiger partial charge in [0, 0.05) is 38.8 Å². The minimum atomic E-state index is -3.57. The number of amides is 2. The van der Waals surface area contributed by atoms with E-state index in [9.17, 15) is 22.0 Å². The van der Waals surface area contributed by atoms with Crippen molar-refractivity contribution in [3.8, 4) is 11.1 Å². The molecule has 174 valence electrons. The van der Waals surface area contributed by atoms with E-state index < -0.39 is 27.9 Å². The van der Waals surface area contributed by atoms with Gasteiger partial charge in [0.15, 0.2) is 0 Å².